The van der Waals surface area contributed by atoms with Gasteiger partial charge in [-0.05, 0) is 46.9 Å². The lowest BCUT2D eigenvalue weighted by molar-refractivity contribution is -0.192. The average Bonchev–Trinajstić information content (AvgIpc) is 3.06. The smallest absolute Gasteiger partial charge is 0.475 e. The number of carbonyl (C=O) groups is 4. The van der Waals surface area contributed by atoms with Gasteiger partial charge in [0.05, 0.1) is 12.0 Å². The Bertz CT molecular complexity index is 1620. The highest BCUT2D eigenvalue weighted by atomic mass is 19.4. The highest BCUT2D eigenvalue weighted by Crippen LogP contribution is 2.22. The van der Waals surface area contributed by atoms with Crippen molar-refractivity contribution in [2.75, 3.05) is 39.8 Å². The summed E-state index contributed by atoms with van der Waals surface area (Å²) in [5.74, 6) is -3.59. The molecule has 2 saturated heterocycles. The summed E-state index contributed by atoms with van der Waals surface area (Å²) in [5.41, 5.74) is 1.87. The monoisotopic (exact) mass is 687 g/mol. The van der Waals surface area contributed by atoms with E-state index in [2.05, 4.69) is 51.2 Å². The molecule has 3 unspecified atom stereocenters. The van der Waals surface area contributed by atoms with E-state index in [9.17, 15) is 31.9 Å². The van der Waals surface area contributed by atoms with Crippen molar-refractivity contribution in [2.45, 2.75) is 50.5 Å². The molecule has 10 nitrogen and oxygen atoms in total. The van der Waals surface area contributed by atoms with Gasteiger partial charge in [0, 0.05) is 52.2 Å². The number of hydrogen-bond donors (Lipinski definition) is 4. The summed E-state index contributed by atoms with van der Waals surface area (Å²) >= 11 is 0. The topological polar surface area (TPSA) is 131 Å². The molecule has 264 valence electrons. The van der Waals surface area contributed by atoms with E-state index in [4.69, 9.17) is 9.90 Å². The molecule has 0 bridgehead atoms. The van der Waals surface area contributed by atoms with Crippen LogP contribution in [0.25, 0.3) is 10.8 Å². The van der Waals surface area contributed by atoms with Crippen molar-refractivity contribution in [1.29, 1.82) is 0 Å². The molecule has 0 aliphatic carbocycles. The molecule has 4 N–H and O–H groups in total. The van der Waals surface area contributed by atoms with Gasteiger partial charge in [0.1, 0.15) is 11.9 Å². The molecule has 3 atom stereocenters. The van der Waals surface area contributed by atoms with Crippen LogP contribution < -0.4 is 16.0 Å². The number of alkyl halides is 3. The Kier molecular flexibility index (Phi) is 12.7. The Morgan fingerprint density at radius 3 is 2.14 bits per heavy atom. The maximum atomic E-state index is 14.0. The van der Waals surface area contributed by atoms with Crippen LogP contribution in [0.15, 0.2) is 66.7 Å². The van der Waals surface area contributed by atoms with Crippen molar-refractivity contribution >= 4 is 34.5 Å². The van der Waals surface area contributed by atoms with E-state index >= 15 is 0 Å². The van der Waals surface area contributed by atoms with E-state index in [0.717, 1.165) is 21.9 Å². The van der Waals surface area contributed by atoms with E-state index in [1.165, 1.54) is 12.1 Å². The number of nitrogens with zero attached hydrogens (tertiary/aromatic N) is 2. The summed E-state index contributed by atoms with van der Waals surface area (Å²) in [7, 11) is 1.66. The minimum absolute atomic E-state index is 0.0478. The summed E-state index contributed by atoms with van der Waals surface area (Å²) < 4.78 is 45.3. The molecule has 2 aliphatic heterocycles. The van der Waals surface area contributed by atoms with Gasteiger partial charge >= 0.3 is 12.1 Å². The lowest BCUT2D eigenvalue weighted by Crippen LogP contribution is -2.63. The molecule has 0 saturated carbocycles. The van der Waals surface area contributed by atoms with Crippen LogP contribution in [-0.2, 0) is 32.0 Å². The van der Waals surface area contributed by atoms with E-state index in [-0.39, 0.29) is 48.0 Å². The lowest BCUT2D eigenvalue weighted by atomic mass is 9.97. The fourth-order valence-electron chi connectivity index (χ4n) is 5.97. The highest BCUT2D eigenvalue weighted by Gasteiger charge is 2.39. The summed E-state index contributed by atoms with van der Waals surface area (Å²) in [6.07, 6.45) is -3.53. The molecule has 0 radical (unpaired) electrons. The Hall–Kier alpha value is -4.56. The van der Waals surface area contributed by atoms with Gasteiger partial charge in [-0.25, -0.2) is 9.18 Å². The average molecular weight is 688 g/mol. The number of fused-ring (bicyclic) bond motifs is 1. The molecule has 3 aromatic rings. The number of benzene rings is 3. The molecule has 0 spiro atoms. The minimum atomic E-state index is -5.08. The zero-order chi connectivity index (χ0) is 35.7. The molecular weight excluding hydrogens is 646 g/mol. The van der Waals surface area contributed by atoms with Crippen LogP contribution in [0.4, 0.5) is 17.6 Å². The molecule has 14 heteroatoms. The fraction of sp³-hybridized carbons (Fsp3) is 0.429. The third kappa shape index (κ3) is 9.98. The SMILES string of the molecule is CCC1CN(C(Cc2ccc3ccccc3c2)C(=O)NC)CCN1C(=O)C(Cc1ccc(F)cc1)NC(=O)C1CNC1.O=C(O)C(F)(F)F. The normalized spacial score (nSPS) is 18.0. The molecule has 0 aromatic heterocycles. The Balaban J connectivity index is 0.000000698. The molecule has 3 amide bonds. The van der Waals surface area contributed by atoms with Gasteiger partial charge in [0.25, 0.3) is 0 Å². The van der Waals surface area contributed by atoms with Crippen LogP contribution in [0.5, 0.6) is 0 Å². The van der Waals surface area contributed by atoms with Crippen molar-refractivity contribution in [3.05, 3.63) is 83.7 Å². The number of carboxylic acid groups (broad SMARTS) is 1. The number of rotatable bonds is 10. The predicted molar refractivity (Wildman–Crippen MR) is 175 cm³/mol. The second kappa shape index (κ2) is 16.7. The number of aliphatic carboxylic acids is 1. The van der Waals surface area contributed by atoms with Gasteiger partial charge in [-0.1, -0.05) is 61.5 Å². The van der Waals surface area contributed by atoms with Crippen LogP contribution in [0.3, 0.4) is 0 Å². The fourth-order valence-corrected chi connectivity index (χ4v) is 5.97. The van der Waals surface area contributed by atoms with E-state index in [1.54, 1.807) is 19.2 Å². The summed E-state index contributed by atoms with van der Waals surface area (Å²) in [5, 5.41) is 18.4. The molecule has 5 rings (SSSR count). The van der Waals surface area contributed by atoms with Crippen molar-refractivity contribution in [3.8, 4) is 0 Å². The first-order valence-electron chi connectivity index (χ1n) is 16.1. The lowest BCUT2D eigenvalue weighted by Gasteiger charge is -2.45. The van der Waals surface area contributed by atoms with Gasteiger partial charge in [-0.3, -0.25) is 19.3 Å². The highest BCUT2D eigenvalue weighted by molar-refractivity contribution is 5.90. The Morgan fingerprint density at radius 2 is 1.57 bits per heavy atom. The van der Waals surface area contributed by atoms with E-state index < -0.39 is 18.2 Å². The predicted octanol–water partition coefficient (Wildman–Crippen LogP) is 3.14. The van der Waals surface area contributed by atoms with Crippen molar-refractivity contribution in [2.24, 2.45) is 5.92 Å². The minimum Gasteiger partial charge on any atom is -0.475 e. The van der Waals surface area contributed by atoms with E-state index in [0.29, 0.717) is 45.6 Å². The van der Waals surface area contributed by atoms with Crippen LogP contribution in [0, 0.1) is 11.7 Å². The second-order valence-corrected chi connectivity index (χ2v) is 12.2. The summed E-state index contributed by atoms with van der Waals surface area (Å²) in [4.78, 5) is 53.0. The first kappa shape index (κ1) is 37.3. The van der Waals surface area contributed by atoms with Gasteiger partial charge in [-0.2, -0.15) is 13.2 Å². The number of amides is 3. The largest absolute Gasteiger partial charge is 0.490 e. The maximum absolute atomic E-state index is 14.0. The molecule has 3 aromatic carbocycles. The number of likely N-dealkylation sites (N-methyl/N-ethyl adjacent to an activating group) is 1. The van der Waals surface area contributed by atoms with Gasteiger partial charge in [0.15, 0.2) is 0 Å². The third-order valence-corrected chi connectivity index (χ3v) is 8.86. The van der Waals surface area contributed by atoms with Crippen LogP contribution >= 0.6 is 0 Å². The Labute approximate surface area is 281 Å². The van der Waals surface area contributed by atoms with Crippen LogP contribution in [0.1, 0.15) is 24.5 Å². The number of nitrogens with one attached hydrogen (secondary N) is 3. The standard InChI is InChI=1S/C33H40FN5O3.C2HF3O2/c1-3-28-21-38(30(32(41)35-2)18-23-8-11-24-6-4-5-7-25(24)16-23)14-15-39(28)33(42)29(37-31(40)26-19-36-20-26)17-22-9-12-27(34)13-10-22;3-2(4,5)1(6)7/h4-13,16,26,28-30,36H,3,14-15,17-21H2,1-2H3,(H,35,41)(H,37,40);(H,6,7). The number of piperazine rings is 1. The van der Waals surface area contributed by atoms with Crippen molar-refractivity contribution in [3.63, 3.8) is 0 Å². The molecular formula is C35H41F4N5O5. The first-order chi connectivity index (χ1) is 23.3. The molecule has 2 fully saturated rings. The number of carboxylic acids is 1. The summed E-state index contributed by atoms with van der Waals surface area (Å²) in [6, 6.07) is 19.3. The molecule has 2 aliphatic rings. The quantitative estimate of drug-likeness (QED) is 0.241. The zero-order valence-corrected chi connectivity index (χ0v) is 27.3. The van der Waals surface area contributed by atoms with Gasteiger partial charge < -0.3 is 26.0 Å². The number of carbonyl (C=O) groups excluding carboxylic acids is 3. The summed E-state index contributed by atoms with van der Waals surface area (Å²) in [6.45, 7) is 4.77. The number of hydrogen-bond acceptors (Lipinski definition) is 6. The van der Waals surface area contributed by atoms with Crippen LogP contribution in [0.2, 0.25) is 0 Å². The van der Waals surface area contributed by atoms with Crippen molar-refractivity contribution < 1.29 is 41.8 Å². The van der Waals surface area contributed by atoms with Gasteiger partial charge in [0.2, 0.25) is 17.7 Å². The first-order valence-corrected chi connectivity index (χ1v) is 16.1. The third-order valence-electron chi connectivity index (χ3n) is 8.86. The Morgan fingerprint density at radius 1 is 0.939 bits per heavy atom. The maximum Gasteiger partial charge on any atom is 0.490 e. The number of halogens is 4. The van der Waals surface area contributed by atoms with Crippen molar-refractivity contribution in [1.82, 2.24) is 25.8 Å². The van der Waals surface area contributed by atoms with E-state index in [1.807, 2.05) is 24.0 Å². The molecule has 2 heterocycles. The van der Waals surface area contributed by atoms with Crippen LogP contribution in [-0.4, -0.2) is 103 Å². The second-order valence-electron chi connectivity index (χ2n) is 12.2. The zero-order valence-electron chi connectivity index (χ0n) is 27.3. The van der Waals surface area contributed by atoms with Gasteiger partial charge in [-0.15, -0.1) is 0 Å². The molecule has 49 heavy (non-hydrogen) atoms.